The number of unbranched alkanes of at least 4 members (excludes halogenated alkanes) is 2. The Labute approximate surface area is 459 Å². The van der Waals surface area contributed by atoms with E-state index in [-0.39, 0.29) is 90.5 Å². The molecule has 1 aliphatic rings. The predicted molar refractivity (Wildman–Crippen MR) is 286 cm³/mol. The van der Waals surface area contributed by atoms with E-state index in [4.69, 9.17) is 4.74 Å². The topological polar surface area (TPSA) is 269 Å². The van der Waals surface area contributed by atoms with Crippen molar-refractivity contribution in [2.75, 3.05) is 43.9 Å². The molecule has 1 aliphatic heterocycles. The van der Waals surface area contributed by atoms with Crippen molar-refractivity contribution in [3.05, 3.63) is 164 Å². The first-order valence-electron chi connectivity index (χ1n) is 24.4. The second-order valence-corrected chi connectivity index (χ2v) is 18.4. The summed E-state index contributed by atoms with van der Waals surface area (Å²) in [5.41, 5.74) is 5.97. The summed E-state index contributed by atoms with van der Waals surface area (Å²) in [7, 11) is -4.62. The Morgan fingerprint density at radius 1 is 0.623 bits per heavy atom. The zero-order valence-electron chi connectivity index (χ0n) is 41.8. The number of hydrogen-bond donors (Lipinski definition) is 5. The van der Waals surface area contributed by atoms with Gasteiger partial charge in [0.05, 0.1) is 36.5 Å². The Morgan fingerprint density at radius 2 is 1.19 bits per heavy atom. The maximum Gasteiger partial charge on any atom is 0.267 e. The number of nitrogens with one attached hydrogen (secondary N) is 4. The number of carbonyl (C=O) groups is 6. The fourth-order valence-corrected chi connectivity index (χ4v) is 8.14. The van der Waals surface area contributed by atoms with E-state index in [0.717, 1.165) is 38.2 Å². The molecule has 1 atom stereocenters. The summed E-state index contributed by atoms with van der Waals surface area (Å²) in [5.74, 6) is -3.78. The number of imide groups is 1. The van der Waals surface area contributed by atoms with E-state index in [1.54, 1.807) is 36.9 Å². The van der Waals surface area contributed by atoms with Gasteiger partial charge in [-0.1, -0.05) is 30.3 Å². The minimum Gasteiger partial charge on any atom is -0.378 e. The molecule has 8 rings (SSSR count). The molecule has 4 aromatic heterocycles. The number of amides is 6. The van der Waals surface area contributed by atoms with E-state index in [9.17, 15) is 41.7 Å². The molecule has 3 aromatic carbocycles. The van der Waals surface area contributed by atoms with Crippen molar-refractivity contribution in [2.45, 2.75) is 51.0 Å². The Bertz CT molecular complexity index is 3010. The molecular weight excluding hydrogens is 1180 g/mol. The molecule has 7 aromatic rings. The van der Waals surface area contributed by atoms with Crippen LogP contribution in [0.25, 0.3) is 44.3 Å². The van der Waals surface area contributed by atoms with Crippen LogP contribution in [-0.4, -0.2) is 118 Å². The van der Waals surface area contributed by atoms with Crippen LogP contribution in [0.3, 0.4) is 0 Å². The number of pyridine rings is 4. The summed E-state index contributed by atoms with van der Waals surface area (Å²) in [5, 5.41) is 12.0. The smallest absolute Gasteiger partial charge is 0.267 e. The van der Waals surface area contributed by atoms with Crippen LogP contribution in [0.4, 0.5) is 5.69 Å². The molecule has 0 aliphatic carbocycles. The third-order valence-electron chi connectivity index (χ3n) is 11.2. The van der Waals surface area contributed by atoms with E-state index >= 15 is 0 Å². The second-order valence-electron chi connectivity index (χ2n) is 16.9. The molecule has 5 N–H and O–H groups in total. The molecule has 403 valence electrons. The maximum atomic E-state index is 12.7. The van der Waals surface area contributed by atoms with Crippen molar-refractivity contribution in [3.8, 4) is 22.5 Å². The fraction of sp³-hybridized carbons (Fsp3) is 0.250. The minimum absolute atomic E-state index is 0. The van der Waals surface area contributed by atoms with Crippen LogP contribution in [0.5, 0.6) is 0 Å². The predicted octanol–water partition coefficient (Wildman–Crippen LogP) is 6.09. The summed E-state index contributed by atoms with van der Waals surface area (Å²) in [6, 6.07) is 41.2. The SMILES string of the molecule is O=C(CCCCNC(=O)C(CS(=O)(=O)O)NC(=O)CCCCC(=O)Nc1cc2cccnc2c2ncccc12)NCCOCCN1C(=O)C=CC1=O.[Ir].[c-]1ccccc1-c1ccccn1.[c-]1ccccc1-c1ccccn1. The third kappa shape index (κ3) is 20.6. The van der Waals surface area contributed by atoms with Crippen molar-refractivity contribution >= 4 is 73.1 Å². The van der Waals surface area contributed by atoms with Gasteiger partial charge in [-0.3, -0.25) is 48.2 Å². The molecule has 0 saturated heterocycles. The van der Waals surface area contributed by atoms with Gasteiger partial charge in [0, 0.05) is 100 Å². The average Bonchev–Trinajstić information content (AvgIpc) is 3.76. The van der Waals surface area contributed by atoms with E-state index in [1.807, 2.05) is 103 Å². The van der Waals surface area contributed by atoms with E-state index in [1.165, 1.54) is 12.2 Å². The fourth-order valence-electron chi connectivity index (χ4n) is 7.48. The number of anilines is 1. The van der Waals surface area contributed by atoms with Crippen LogP contribution >= 0.6 is 0 Å². The zero-order chi connectivity index (χ0) is 54.0. The largest absolute Gasteiger partial charge is 0.378 e. The number of rotatable bonds is 23. The van der Waals surface area contributed by atoms with Gasteiger partial charge in [0.1, 0.15) is 11.8 Å². The van der Waals surface area contributed by atoms with Gasteiger partial charge in [0.15, 0.2) is 0 Å². The van der Waals surface area contributed by atoms with Crippen molar-refractivity contribution < 1.29 is 66.6 Å². The Kier molecular flexibility index (Phi) is 24.8. The molecule has 0 spiro atoms. The average molecular weight is 1240 g/mol. The van der Waals surface area contributed by atoms with Crippen LogP contribution in [0.1, 0.15) is 44.9 Å². The Balaban J connectivity index is 0.000000351. The van der Waals surface area contributed by atoms with Crippen LogP contribution in [0.2, 0.25) is 0 Å². The van der Waals surface area contributed by atoms with Gasteiger partial charge in [-0.05, 0) is 73.5 Å². The molecule has 21 heteroatoms. The molecule has 1 unspecified atom stereocenters. The Morgan fingerprint density at radius 3 is 1.79 bits per heavy atom. The monoisotopic (exact) mass is 1240 g/mol. The second kappa shape index (κ2) is 31.8. The standard InChI is InChI=1S/C34H41N7O10S.2C11H8N.Ir/c42-27(35-17-19-51-20-18-41-30(45)12-13-31(41)46)9-3-4-14-38-34(47)26(22-52(48,49)50)40-29(44)11-2-1-10-28(43)39-25-21-23-7-5-15-36-32(23)33-24(25)8-6-16-37-33;2*1-2-6-10(7-3-1)11-8-4-5-9-12-11;/h5-8,12-13,15-16,21,26H,1-4,9-11,14,17-20,22H2,(H,35,42)(H,38,47)(H,39,43)(H,40,44)(H,48,49,50);2*1-6,8-9H;/q;2*-1;. The molecule has 77 heavy (non-hydrogen) atoms. The van der Waals surface area contributed by atoms with E-state index < -0.39 is 45.5 Å². The van der Waals surface area contributed by atoms with Crippen LogP contribution in [0, 0.1) is 12.1 Å². The van der Waals surface area contributed by atoms with Crippen molar-refractivity contribution in [2.24, 2.45) is 0 Å². The van der Waals surface area contributed by atoms with Crippen molar-refractivity contribution in [3.63, 3.8) is 0 Å². The van der Waals surface area contributed by atoms with Gasteiger partial charge < -0.3 is 36.0 Å². The van der Waals surface area contributed by atoms with Gasteiger partial charge in [-0.2, -0.15) is 8.42 Å². The molecule has 0 fully saturated rings. The molecule has 1 radical (unpaired) electrons. The molecular formula is C56H57IrN9O10S-2. The van der Waals surface area contributed by atoms with Crippen LogP contribution < -0.4 is 21.3 Å². The maximum absolute atomic E-state index is 12.7. The number of nitrogens with zero attached hydrogens (tertiary/aromatic N) is 5. The Hall–Kier alpha value is -7.94. The summed E-state index contributed by atoms with van der Waals surface area (Å²) < 4.78 is 37.7. The van der Waals surface area contributed by atoms with Crippen LogP contribution in [-0.2, 0) is 63.7 Å². The number of ether oxygens (including phenoxy) is 1. The van der Waals surface area contributed by atoms with Crippen molar-refractivity contribution in [1.82, 2.24) is 40.8 Å². The van der Waals surface area contributed by atoms with Crippen LogP contribution in [0.15, 0.2) is 152 Å². The first-order chi connectivity index (χ1) is 36.8. The molecule has 19 nitrogen and oxygen atoms in total. The van der Waals surface area contributed by atoms with Gasteiger partial charge >= 0.3 is 0 Å². The zero-order valence-corrected chi connectivity index (χ0v) is 45.0. The normalized spacial score (nSPS) is 12.0. The van der Waals surface area contributed by atoms with Gasteiger partial charge in [-0.15, -0.1) is 71.8 Å². The van der Waals surface area contributed by atoms with E-state index in [2.05, 4.69) is 53.3 Å². The first kappa shape index (κ1) is 59.9. The molecule has 5 heterocycles. The molecule has 0 bridgehead atoms. The molecule has 0 saturated carbocycles. The summed E-state index contributed by atoms with van der Waals surface area (Å²) in [4.78, 5) is 91.3. The number of benzene rings is 3. The van der Waals surface area contributed by atoms with Gasteiger partial charge in [-0.25, -0.2) is 0 Å². The summed E-state index contributed by atoms with van der Waals surface area (Å²) in [6.45, 7) is 0.738. The summed E-state index contributed by atoms with van der Waals surface area (Å²) in [6.07, 6.45) is 10.8. The number of hydrogen-bond acceptors (Lipinski definition) is 13. The minimum atomic E-state index is -4.62. The van der Waals surface area contributed by atoms with Gasteiger partial charge in [0.2, 0.25) is 23.6 Å². The quantitative estimate of drug-likeness (QED) is 0.0160. The van der Waals surface area contributed by atoms with Gasteiger partial charge in [0.25, 0.3) is 21.9 Å². The van der Waals surface area contributed by atoms with E-state index in [0.29, 0.717) is 36.0 Å². The van der Waals surface area contributed by atoms with Crippen molar-refractivity contribution in [1.29, 1.82) is 0 Å². The first-order valence-corrected chi connectivity index (χ1v) is 26.0. The third-order valence-corrected chi connectivity index (χ3v) is 11.9. The molecule has 6 amide bonds. The number of fused-ring (bicyclic) bond motifs is 3. The summed E-state index contributed by atoms with van der Waals surface area (Å²) >= 11 is 0. The number of aromatic nitrogens is 4. The number of carbonyl (C=O) groups excluding carboxylic acids is 6.